The Morgan fingerprint density at radius 1 is 1.60 bits per heavy atom. The predicted molar refractivity (Wildman–Crippen MR) is 55.8 cm³/mol. The van der Waals surface area contributed by atoms with Crippen LogP contribution in [0.4, 0.5) is 8.78 Å². The quantitative estimate of drug-likeness (QED) is 0.631. The molecule has 0 unspecified atom stereocenters. The van der Waals surface area contributed by atoms with Gasteiger partial charge in [0.1, 0.15) is 4.60 Å². The van der Waals surface area contributed by atoms with Crippen molar-refractivity contribution in [2.45, 2.75) is 18.7 Å². The van der Waals surface area contributed by atoms with E-state index < -0.39 is 6.43 Å². The molecule has 0 aromatic carbocycles. The number of hydrogen-bond donors (Lipinski definition) is 0. The fourth-order valence-corrected chi connectivity index (χ4v) is 1.86. The summed E-state index contributed by atoms with van der Waals surface area (Å²) in [5.41, 5.74) is 0.399. The lowest BCUT2D eigenvalue weighted by Crippen LogP contribution is -2.00. The van der Waals surface area contributed by atoms with Gasteiger partial charge in [0.2, 0.25) is 0 Å². The van der Waals surface area contributed by atoms with Crippen LogP contribution in [0.15, 0.2) is 10.7 Å². The van der Waals surface area contributed by atoms with Crippen LogP contribution in [0, 0.1) is 11.3 Å². The second-order valence-corrected chi connectivity index (χ2v) is 3.76. The third kappa shape index (κ3) is 2.86. The molecule has 15 heavy (non-hydrogen) atoms. The predicted octanol–water partition coefficient (Wildman–Crippen LogP) is 3.59. The SMILES string of the molecule is N#CCc1c(C(F)F)cc(CCl)nc1Br. The van der Waals surface area contributed by atoms with Gasteiger partial charge in [-0.25, -0.2) is 13.8 Å². The Morgan fingerprint density at radius 2 is 2.27 bits per heavy atom. The number of alkyl halides is 3. The van der Waals surface area contributed by atoms with Crippen LogP contribution in [0.2, 0.25) is 0 Å². The molecule has 1 aromatic rings. The Bertz CT molecular complexity index is 404. The second kappa shape index (κ2) is 5.38. The van der Waals surface area contributed by atoms with Crippen molar-refractivity contribution in [3.05, 3.63) is 27.5 Å². The highest BCUT2D eigenvalue weighted by Crippen LogP contribution is 2.29. The molecule has 0 aliphatic carbocycles. The summed E-state index contributed by atoms with van der Waals surface area (Å²) in [4.78, 5) is 3.95. The van der Waals surface area contributed by atoms with Gasteiger partial charge in [-0.2, -0.15) is 5.26 Å². The summed E-state index contributed by atoms with van der Waals surface area (Å²) in [7, 11) is 0. The molecule has 1 heterocycles. The average molecular weight is 296 g/mol. The summed E-state index contributed by atoms with van der Waals surface area (Å²) in [6.45, 7) is 0. The molecular formula is C9H6BrClF2N2. The maximum Gasteiger partial charge on any atom is 0.264 e. The number of rotatable bonds is 3. The number of halogens is 4. The largest absolute Gasteiger partial charge is 0.264 e. The summed E-state index contributed by atoms with van der Waals surface area (Å²) in [6, 6.07) is 3.05. The van der Waals surface area contributed by atoms with Gasteiger partial charge in [0, 0.05) is 11.1 Å². The van der Waals surface area contributed by atoms with Crippen LogP contribution in [-0.2, 0) is 12.3 Å². The molecule has 0 saturated heterocycles. The first-order chi connectivity index (χ1) is 7.10. The van der Waals surface area contributed by atoms with Crippen LogP contribution in [0.25, 0.3) is 0 Å². The molecule has 0 fully saturated rings. The van der Waals surface area contributed by atoms with E-state index in [1.807, 2.05) is 6.07 Å². The van der Waals surface area contributed by atoms with Crippen molar-refractivity contribution in [2.24, 2.45) is 0 Å². The van der Waals surface area contributed by atoms with Crippen molar-refractivity contribution in [3.8, 4) is 6.07 Å². The monoisotopic (exact) mass is 294 g/mol. The molecule has 6 heteroatoms. The van der Waals surface area contributed by atoms with E-state index in [4.69, 9.17) is 16.9 Å². The normalized spacial score (nSPS) is 10.4. The van der Waals surface area contributed by atoms with E-state index >= 15 is 0 Å². The van der Waals surface area contributed by atoms with Gasteiger partial charge in [0.25, 0.3) is 6.43 Å². The molecule has 0 amide bonds. The lowest BCUT2D eigenvalue weighted by molar-refractivity contribution is 0.150. The summed E-state index contributed by atoms with van der Waals surface area (Å²) >= 11 is 8.57. The first-order valence-electron chi connectivity index (χ1n) is 3.99. The second-order valence-electron chi connectivity index (χ2n) is 2.74. The highest BCUT2D eigenvalue weighted by Gasteiger charge is 2.17. The molecule has 0 radical (unpaired) electrons. The van der Waals surface area contributed by atoms with Gasteiger partial charge in [0.15, 0.2) is 0 Å². The van der Waals surface area contributed by atoms with Crippen molar-refractivity contribution in [3.63, 3.8) is 0 Å². The van der Waals surface area contributed by atoms with Gasteiger partial charge >= 0.3 is 0 Å². The zero-order valence-electron chi connectivity index (χ0n) is 7.48. The van der Waals surface area contributed by atoms with Crippen LogP contribution < -0.4 is 0 Å². The van der Waals surface area contributed by atoms with Gasteiger partial charge in [-0.05, 0) is 22.0 Å². The smallest absolute Gasteiger partial charge is 0.244 e. The van der Waals surface area contributed by atoms with Gasteiger partial charge in [-0.3, -0.25) is 0 Å². The third-order valence-corrected chi connectivity index (χ3v) is 2.72. The van der Waals surface area contributed by atoms with E-state index in [9.17, 15) is 8.78 Å². The van der Waals surface area contributed by atoms with Gasteiger partial charge in [-0.1, -0.05) is 0 Å². The molecule has 0 saturated carbocycles. The van der Waals surface area contributed by atoms with Gasteiger partial charge in [-0.15, -0.1) is 11.6 Å². The zero-order valence-corrected chi connectivity index (χ0v) is 9.82. The Morgan fingerprint density at radius 3 is 2.73 bits per heavy atom. The van der Waals surface area contributed by atoms with E-state index in [0.717, 1.165) is 0 Å². The summed E-state index contributed by atoms with van der Waals surface area (Å²) in [5.74, 6) is 0.0607. The minimum Gasteiger partial charge on any atom is -0.244 e. The van der Waals surface area contributed by atoms with E-state index in [0.29, 0.717) is 5.69 Å². The maximum absolute atomic E-state index is 12.6. The van der Waals surface area contributed by atoms with Crippen LogP contribution in [0.3, 0.4) is 0 Å². The number of nitrogens with zero attached hydrogens (tertiary/aromatic N) is 2. The average Bonchev–Trinajstić information content (AvgIpc) is 2.20. The Hall–Kier alpha value is -0.730. The molecule has 1 aromatic heterocycles. The van der Waals surface area contributed by atoms with Crippen molar-refractivity contribution < 1.29 is 8.78 Å². The number of hydrogen-bond acceptors (Lipinski definition) is 2. The molecule has 0 aliphatic heterocycles. The lowest BCUT2D eigenvalue weighted by atomic mass is 10.1. The highest BCUT2D eigenvalue weighted by atomic mass is 79.9. The van der Waals surface area contributed by atoms with Gasteiger partial charge < -0.3 is 0 Å². The summed E-state index contributed by atoms with van der Waals surface area (Å²) in [5, 5.41) is 8.51. The maximum atomic E-state index is 12.6. The molecule has 2 nitrogen and oxygen atoms in total. The summed E-state index contributed by atoms with van der Waals surface area (Å²) in [6.07, 6.45) is -2.73. The van der Waals surface area contributed by atoms with E-state index in [1.54, 1.807) is 0 Å². The highest BCUT2D eigenvalue weighted by molar-refractivity contribution is 9.10. The molecule has 0 spiro atoms. The first kappa shape index (κ1) is 12.3. The fourth-order valence-electron chi connectivity index (χ4n) is 1.13. The van der Waals surface area contributed by atoms with Crippen LogP contribution in [0.5, 0.6) is 0 Å². The molecule has 1 rings (SSSR count). The molecule has 0 N–H and O–H groups in total. The van der Waals surface area contributed by atoms with E-state index in [-0.39, 0.29) is 28.0 Å². The number of nitriles is 1. The first-order valence-corrected chi connectivity index (χ1v) is 5.32. The van der Waals surface area contributed by atoms with Crippen LogP contribution in [-0.4, -0.2) is 4.98 Å². The van der Waals surface area contributed by atoms with Crippen molar-refractivity contribution in [2.75, 3.05) is 0 Å². The Labute approximate surface area is 99.0 Å². The molecule has 0 bridgehead atoms. The zero-order chi connectivity index (χ0) is 11.4. The van der Waals surface area contributed by atoms with E-state index in [1.165, 1.54) is 6.07 Å². The molecule has 0 atom stereocenters. The minimum absolute atomic E-state index is 0.0607. The van der Waals surface area contributed by atoms with Crippen LogP contribution in [0.1, 0.15) is 23.2 Å². The molecular weight excluding hydrogens is 289 g/mol. The Balaban J connectivity index is 3.30. The third-order valence-electron chi connectivity index (χ3n) is 1.79. The molecule has 0 aliphatic rings. The van der Waals surface area contributed by atoms with Crippen LogP contribution >= 0.6 is 27.5 Å². The lowest BCUT2D eigenvalue weighted by Gasteiger charge is -2.09. The summed E-state index contributed by atoms with van der Waals surface area (Å²) < 4.78 is 25.6. The topological polar surface area (TPSA) is 36.7 Å². The van der Waals surface area contributed by atoms with Crippen molar-refractivity contribution in [1.82, 2.24) is 4.98 Å². The van der Waals surface area contributed by atoms with Gasteiger partial charge in [0.05, 0.1) is 24.1 Å². The van der Waals surface area contributed by atoms with E-state index in [2.05, 4.69) is 20.9 Å². The fraction of sp³-hybridized carbons (Fsp3) is 0.333. The van der Waals surface area contributed by atoms with Crippen molar-refractivity contribution >= 4 is 27.5 Å². The Kier molecular flexibility index (Phi) is 4.43. The molecule has 80 valence electrons. The number of aromatic nitrogens is 1. The van der Waals surface area contributed by atoms with Crippen molar-refractivity contribution in [1.29, 1.82) is 5.26 Å². The minimum atomic E-state index is -2.63. The number of pyridine rings is 1. The standard InChI is InChI=1S/C9H6BrClF2N2/c10-8-6(1-2-14)7(9(12)13)3-5(4-11)15-8/h3,9H,1,4H2.